The summed E-state index contributed by atoms with van der Waals surface area (Å²) in [6, 6.07) is 7.96. The van der Waals surface area contributed by atoms with Gasteiger partial charge in [-0.3, -0.25) is 0 Å². The van der Waals surface area contributed by atoms with Gasteiger partial charge in [0.1, 0.15) is 12.4 Å². The molecule has 9 heteroatoms. The van der Waals surface area contributed by atoms with E-state index in [4.69, 9.17) is 39.5 Å². The van der Waals surface area contributed by atoms with Crippen LogP contribution in [0.15, 0.2) is 24.3 Å². The van der Waals surface area contributed by atoms with Crippen molar-refractivity contribution in [3.63, 3.8) is 0 Å². The minimum Gasteiger partial charge on any atom is -0.491 e. The number of carboxylic acid groups (broad SMARTS) is 4. The summed E-state index contributed by atoms with van der Waals surface area (Å²) in [5, 5.41) is 27.9. The van der Waals surface area contributed by atoms with E-state index in [0.717, 1.165) is 17.2 Å². The van der Waals surface area contributed by atoms with Crippen LogP contribution in [0.1, 0.15) is 26.3 Å². The first-order valence-electron chi connectivity index (χ1n) is 7.05. The van der Waals surface area contributed by atoms with E-state index in [2.05, 4.69) is 20.8 Å². The van der Waals surface area contributed by atoms with E-state index in [1.807, 2.05) is 31.2 Å². The molecule has 25 heavy (non-hydrogen) atoms. The summed E-state index contributed by atoms with van der Waals surface area (Å²) < 4.78 is 10.3. The molecule has 0 aliphatic heterocycles. The number of ether oxygens (including phenoxy) is 2. The predicted molar refractivity (Wildman–Crippen MR) is 95.4 cm³/mol. The van der Waals surface area contributed by atoms with Gasteiger partial charge < -0.3 is 36.1 Å². The van der Waals surface area contributed by atoms with Gasteiger partial charge in [-0.1, -0.05) is 39.0 Å². The van der Waals surface area contributed by atoms with Gasteiger partial charge in [-0.05, 0) is 24.5 Å². The van der Waals surface area contributed by atoms with E-state index < -0.39 is 12.3 Å². The van der Waals surface area contributed by atoms with E-state index in [9.17, 15) is 0 Å². The third-order valence-corrected chi connectivity index (χ3v) is 1.64. The Kier molecular flexibility index (Phi) is 26.1. The number of benzene rings is 1. The van der Waals surface area contributed by atoms with E-state index in [-0.39, 0.29) is 6.15 Å². The molecule has 0 radical (unpaired) electrons. The highest BCUT2D eigenvalue weighted by molar-refractivity contribution is 5.53. The molecular formula is C16H31NO8. The Bertz CT molecular complexity index is 415. The van der Waals surface area contributed by atoms with Crippen LogP contribution in [0.4, 0.5) is 9.59 Å². The molecule has 1 rings (SSSR count). The van der Waals surface area contributed by atoms with E-state index >= 15 is 0 Å². The van der Waals surface area contributed by atoms with Crippen molar-refractivity contribution in [3.8, 4) is 5.75 Å². The van der Waals surface area contributed by atoms with Crippen molar-refractivity contribution in [1.29, 1.82) is 0 Å². The summed E-state index contributed by atoms with van der Waals surface area (Å²) in [6.07, 6.45) is -3.67. The Morgan fingerprint density at radius 1 is 0.960 bits per heavy atom. The molecule has 0 saturated carbocycles. The second kappa shape index (κ2) is 21.5. The number of methoxy groups -OCH3 is 1. The third-order valence-electron chi connectivity index (χ3n) is 1.64. The molecule has 9 nitrogen and oxygen atoms in total. The van der Waals surface area contributed by atoms with Gasteiger partial charge in [-0.25, -0.2) is 9.59 Å². The molecule has 0 bridgehead atoms. The lowest BCUT2D eigenvalue weighted by Crippen LogP contribution is -2.04. The molecule has 0 amide bonds. The van der Waals surface area contributed by atoms with Crippen LogP contribution < -0.4 is 10.9 Å². The molecule has 0 heterocycles. The summed E-state index contributed by atoms with van der Waals surface area (Å²) in [5.74, 6) is 1.77. The van der Waals surface area contributed by atoms with Crippen LogP contribution in [0.2, 0.25) is 0 Å². The molecule has 148 valence electrons. The zero-order chi connectivity index (χ0) is 19.5. The van der Waals surface area contributed by atoms with Crippen LogP contribution in [-0.2, 0) is 4.74 Å². The average molecular weight is 365 g/mol. The molecule has 0 spiro atoms. The topological polar surface area (TPSA) is 169 Å². The molecule has 0 aliphatic rings. The van der Waals surface area contributed by atoms with Crippen LogP contribution in [0.25, 0.3) is 0 Å². The largest absolute Gasteiger partial charge is 0.503 e. The minimum absolute atomic E-state index is 0. The number of hydrogen-bond donors (Lipinski definition) is 5. The van der Waals surface area contributed by atoms with Crippen molar-refractivity contribution in [2.24, 2.45) is 5.92 Å². The summed E-state index contributed by atoms with van der Waals surface area (Å²) in [5.41, 5.74) is 1.16. The summed E-state index contributed by atoms with van der Waals surface area (Å²) in [7, 11) is 1.67. The highest BCUT2D eigenvalue weighted by Crippen LogP contribution is 2.15. The molecular weight excluding hydrogens is 334 g/mol. The van der Waals surface area contributed by atoms with Crippen LogP contribution in [0.3, 0.4) is 0 Å². The molecule has 0 atom stereocenters. The van der Waals surface area contributed by atoms with Crippen molar-refractivity contribution in [3.05, 3.63) is 29.8 Å². The lowest BCUT2D eigenvalue weighted by molar-refractivity contribution is 0.135. The van der Waals surface area contributed by atoms with Crippen molar-refractivity contribution in [2.45, 2.75) is 27.7 Å². The predicted octanol–water partition coefficient (Wildman–Crippen LogP) is 4.29. The van der Waals surface area contributed by atoms with Gasteiger partial charge in [0.05, 0.1) is 6.61 Å². The molecule has 1 aromatic carbocycles. The molecule has 0 aromatic heterocycles. The summed E-state index contributed by atoms with van der Waals surface area (Å²) in [6.45, 7) is 9.78. The standard InChI is InChI=1S/C10H14O2.C4H10.2CH2O3.H3N/c1-9-5-3-4-6-10(9)12-8-7-11-2;1-4(2)3;2*2-1(3)4;/h3-6H,7-8H2,1-2H3;4H,1-3H3;2*(H2,2,3,4);1H3. The summed E-state index contributed by atoms with van der Waals surface area (Å²) >= 11 is 0. The SMILES string of the molecule is CC(C)C.COCCOc1ccccc1C.N.O=C(O)O.O=C(O)O. The van der Waals surface area contributed by atoms with Crippen LogP contribution in [0.5, 0.6) is 5.75 Å². The monoisotopic (exact) mass is 365 g/mol. The van der Waals surface area contributed by atoms with Gasteiger partial charge in [0.2, 0.25) is 0 Å². The molecule has 0 aliphatic carbocycles. The molecule has 0 unspecified atom stereocenters. The smallest absolute Gasteiger partial charge is 0.491 e. The fourth-order valence-corrected chi connectivity index (χ4v) is 0.953. The lowest BCUT2D eigenvalue weighted by atomic mass is 10.2. The molecule has 1 aromatic rings. The Labute approximate surface area is 148 Å². The number of rotatable bonds is 4. The Hall–Kier alpha value is -2.52. The minimum atomic E-state index is -1.83. The third kappa shape index (κ3) is 44.9. The maximum absolute atomic E-state index is 8.56. The maximum atomic E-state index is 8.56. The molecule has 0 fully saturated rings. The zero-order valence-corrected chi connectivity index (χ0v) is 15.4. The van der Waals surface area contributed by atoms with Crippen LogP contribution in [-0.4, -0.2) is 53.1 Å². The van der Waals surface area contributed by atoms with E-state index in [1.54, 1.807) is 7.11 Å². The zero-order valence-electron chi connectivity index (χ0n) is 15.4. The lowest BCUT2D eigenvalue weighted by Gasteiger charge is -2.07. The highest BCUT2D eigenvalue weighted by atomic mass is 16.6. The first-order chi connectivity index (χ1) is 11.0. The number of para-hydroxylation sites is 1. The number of hydrogen-bond acceptors (Lipinski definition) is 5. The van der Waals surface area contributed by atoms with Crippen molar-refractivity contribution in [1.82, 2.24) is 6.15 Å². The number of carbonyl (C=O) groups is 2. The van der Waals surface area contributed by atoms with E-state index in [1.165, 1.54) is 0 Å². The maximum Gasteiger partial charge on any atom is 0.503 e. The Morgan fingerprint density at radius 2 is 1.32 bits per heavy atom. The fourth-order valence-electron chi connectivity index (χ4n) is 0.953. The van der Waals surface area contributed by atoms with E-state index in [0.29, 0.717) is 13.2 Å². The van der Waals surface area contributed by atoms with Gasteiger partial charge in [-0.15, -0.1) is 0 Å². The Morgan fingerprint density at radius 3 is 1.64 bits per heavy atom. The van der Waals surface area contributed by atoms with Gasteiger partial charge in [0.15, 0.2) is 0 Å². The molecule has 0 saturated heterocycles. The van der Waals surface area contributed by atoms with Crippen molar-refractivity contribution < 1.29 is 39.5 Å². The first kappa shape index (κ1) is 30.4. The van der Waals surface area contributed by atoms with Crippen molar-refractivity contribution in [2.75, 3.05) is 20.3 Å². The van der Waals surface area contributed by atoms with Crippen molar-refractivity contribution >= 4 is 12.3 Å². The van der Waals surface area contributed by atoms with Gasteiger partial charge >= 0.3 is 12.3 Å². The summed E-state index contributed by atoms with van der Waals surface area (Å²) in [4.78, 5) is 17.1. The van der Waals surface area contributed by atoms with Crippen LogP contribution >= 0.6 is 0 Å². The quantitative estimate of drug-likeness (QED) is 0.488. The molecule has 7 N–H and O–H groups in total. The fraction of sp³-hybridized carbons (Fsp3) is 0.500. The first-order valence-corrected chi connectivity index (χ1v) is 7.05. The number of aryl methyl sites for hydroxylation is 1. The van der Waals surface area contributed by atoms with Gasteiger partial charge in [0.25, 0.3) is 0 Å². The average Bonchev–Trinajstić information content (AvgIpc) is 2.39. The second-order valence-electron chi connectivity index (χ2n) is 4.90. The highest BCUT2D eigenvalue weighted by Gasteiger charge is 1.95. The second-order valence-corrected chi connectivity index (χ2v) is 4.90. The van der Waals surface area contributed by atoms with Crippen LogP contribution in [0, 0.1) is 12.8 Å². The Balaban J connectivity index is -0.000000142. The van der Waals surface area contributed by atoms with Gasteiger partial charge in [0, 0.05) is 7.11 Å². The van der Waals surface area contributed by atoms with Gasteiger partial charge in [-0.2, -0.15) is 0 Å². The normalized spacial score (nSPS) is 8.08.